The molecule has 0 radical (unpaired) electrons. The Labute approximate surface area is 352 Å². The molecule has 4 aliphatic carbocycles. The van der Waals surface area contributed by atoms with Crippen molar-refractivity contribution in [3.05, 3.63) is 41.5 Å². The van der Waals surface area contributed by atoms with E-state index in [1.165, 1.54) is 57.8 Å². The third kappa shape index (κ3) is 12.2. The van der Waals surface area contributed by atoms with E-state index < -0.39 is 42.6 Å². The van der Waals surface area contributed by atoms with Gasteiger partial charge in [-0.1, -0.05) is 77.7 Å². The summed E-state index contributed by atoms with van der Waals surface area (Å²) in [6.45, 7) is 12.9. The summed E-state index contributed by atoms with van der Waals surface area (Å²) in [4.78, 5) is 61.8. The molecule has 7 N–H and O–H groups in total. The predicted octanol–water partition coefficient (Wildman–Crippen LogP) is 6.31. The zero-order valence-corrected chi connectivity index (χ0v) is 36.4. The van der Waals surface area contributed by atoms with Crippen LogP contribution in [-0.4, -0.2) is 66.5 Å². The molecule has 1 aromatic rings. The van der Waals surface area contributed by atoms with E-state index in [-0.39, 0.29) is 36.9 Å². The van der Waals surface area contributed by atoms with Crippen molar-refractivity contribution in [2.24, 2.45) is 52.1 Å². The lowest BCUT2D eigenvalue weighted by Crippen LogP contribution is -2.51. The molecule has 5 rings (SSSR count). The van der Waals surface area contributed by atoms with Crippen molar-refractivity contribution >= 4 is 35.2 Å². The summed E-state index contributed by atoms with van der Waals surface area (Å²) in [6, 6.07) is 5.23. The SMILES string of the molecule is CC(C)CCC[C@@H](C)[C@H]1CC[C@H]2[C@@H]3CC=C4C[C@@H](OCCCNC(=O)CCC(=O)N[C@@H](CC(N)=O)C(=O)NCC(=O)Nc5ccc(CO)cc5)CC[C@]4(C)[C@H]3CC[C@]12C. The molecule has 0 aromatic heterocycles. The quantitative estimate of drug-likeness (QED) is 0.0620. The standard InChI is InChI=1S/C47H73N5O7/c1-30(2)8-6-9-31(3)37-16-17-38-36-15-12-33-26-35(20-22-46(33,4)39(36)21-23-47(37,38)5)59-25-7-24-49-42(55)18-19-43(56)52-40(27-41(48)54)45(58)50-28-44(57)51-34-13-10-32(29-53)11-14-34/h10-14,30-31,35-40,53H,6-9,15-29H2,1-5H3,(H2,48,54)(H,49,55)(H,50,58)(H,51,57)(H,52,56)/t31-,35+,36+,37-,38+,39+,40+,46+,47-/m1/s1. The highest BCUT2D eigenvalue weighted by Gasteiger charge is 2.59. The minimum absolute atomic E-state index is 0.0927. The molecule has 9 atom stereocenters. The van der Waals surface area contributed by atoms with Crippen LogP contribution in [0.5, 0.6) is 0 Å². The highest BCUT2D eigenvalue weighted by Crippen LogP contribution is 2.67. The van der Waals surface area contributed by atoms with Crippen LogP contribution in [-0.2, 0) is 35.3 Å². The molecule has 0 saturated heterocycles. The van der Waals surface area contributed by atoms with Gasteiger partial charge in [-0.15, -0.1) is 0 Å². The molecule has 0 spiro atoms. The molecule has 0 unspecified atom stereocenters. The average Bonchev–Trinajstić information content (AvgIpc) is 3.56. The number of carbonyl (C=O) groups is 5. The van der Waals surface area contributed by atoms with E-state index in [9.17, 15) is 24.0 Å². The third-order valence-electron chi connectivity index (χ3n) is 14.7. The number of allylic oxidation sites excluding steroid dienone is 1. The van der Waals surface area contributed by atoms with E-state index in [4.69, 9.17) is 15.6 Å². The summed E-state index contributed by atoms with van der Waals surface area (Å²) >= 11 is 0. The van der Waals surface area contributed by atoms with Crippen molar-refractivity contribution in [3.8, 4) is 0 Å². The molecule has 12 nitrogen and oxygen atoms in total. The molecule has 59 heavy (non-hydrogen) atoms. The number of anilines is 1. The fourth-order valence-electron chi connectivity index (χ4n) is 11.5. The van der Waals surface area contributed by atoms with Crippen LogP contribution >= 0.6 is 0 Å². The van der Waals surface area contributed by atoms with Crippen LogP contribution in [0.15, 0.2) is 35.9 Å². The van der Waals surface area contributed by atoms with E-state index in [1.807, 2.05) is 0 Å². The number of rotatable bonds is 21. The van der Waals surface area contributed by atoms with Crippen LogP contribution in [0, 0.1) is 46.3 Å². The van der Waals surface area contributed by atoms with Crippen LogP contribution in [0.2, 0.25) is 0 Å². The number of nitrogens with two attached hydrogens (primary N) is 1. The van der Waals surface area contributed by atoms with E-state index in [1.54, 1.807) is 29.8 Å². The fraction of sp³-hybridized carbons (Fsp3) is 0.723. The molecular weight excluding hydrogens is 747 g/mol. The second-order valence-corrected chi connectivity index (χ2v) is 19.1. The smallest absolute Gasteiger partial charge is 0.243 e. The van der Waals surface area contributed by atoms with E-state index in [0.717, 1.165) is 48.3 Å². The number of hydrogen-bond acceptors (Lipinski definition) is 7. The van der Waals surface area contributed by atoms with Crippen molar-refractivity contribution in [1.82, 2.24) is 16.0 Å². The van der Waals surface area contributed by atoms with Gasteiger partial charge in [-0.3, -0.25) is 24.0 Å². The number of fused-ring (bicyclic) bond motifs is 5. The molecule has 1 aromatic carbocycles. The topological polar surface area (TPSA) is 189 Å². The molecule has 5 amide bonds. The Morgan fingerprint density at radius 1 is 0.881 bits per heavy atom. The van der Waals surface area contributed by atoms with Gasteiger partial charge in [0, 0.05) is 31.7 Å². The van der Waals surface area contributed by atoms with Gasteiger partial charge < -0.3 is 36.8 Å². The molecule has 12 heteroatoms. The minimum atomic E-state index is -1.29. The second kappa shape index (κ2) is 21.2. The van der Waals surface area contributed by atoms with Crippen LogP contribution in [0.4, 0.5) is 5.69 Å². The van der Waals surface area contributed by atoms with Crippen molar-refractivity contribution in [2.75, 3.05) is 25.0 Å². The Morgan fingerprint density at radius 3 is 2.34 bits per heavy atom. The van der Waals surface area contributed by atoms with Crippen LogP contribution in [0.25, 0.3) is 0 Å². The monoisotopic (exact) mass is 820 g/mol. The first kappa shape index (κ1) is 46.3. The van der Waals surface area contributed by atoms with E-state index in [2.05, 4.69) is 62.0 Å². The van der Waals surface area contributed by atoms with Crippen LogP contribution in [0.3, 0.4) is 0 Å². The highest BCUT2D eigenvalue weighted by atomic mass is 16.5. The molecule has 3 fully saturated rings. The van der Waals surface area contributed by atoms with Gasteiger partial charge in [0.25, 0.3) is 0 Å². The molecule has 0 aliphatic heterocycles. The van der Waals surface area contributed by atoms with Gasteiger partial charge in [-0.25, -0.2) is 0 Å². The van der Waals surface area contributed by atoms with Gasteiger partial charge in [0.2, 0.25) is 29.5 Å². The first-order valence-electron chi connectivity index (χ1n) is 22.6. The molecule has 0 heterocycles. The molecule has 3 saturated carbocycles. The van der Waals surface area contributed by atoms with Crippen LogP contribution in [0.1, 0.15) is 136 Å². The summed E-state index contributed by atoms with van der Waals surface area (Å²) < 4.78 is 6.37. The number of aliphatic hydroxyl groups excluding tert-OH is 1. The zero-order chi connectivity index (χ0) is 42.7. The number of primary amides is 1. The lowest BCUT2D eigenvalue weighted by molar-refractivity contribution is -0.132. The predicted molar refractivity (Wildman–Crippen MR) is 229 cm³/mol. The molecule has 0 bridgehead atoms. The number of ether oxygens (including phenoxy) is 1. The third-order valence-corrected chi connectivity index (χ3v) is 14.7. The summed E-state index contributed by atoms with van der Waals surface area (Å²) in [5, 5.41) is 19.5. The van der Waals surface area contributed by atoms with E-state index >= 15 is 0 Å². The van der Waals surface area contributed by atoms with Crippen molar-refractivity contribution in [3.63, 3.8) is 0 Å². The highest BCUT2D eigenvalue weighted by molar-refractivity contribution is 5.97. The van der Waals surface area contributed by atoms with Crippen molar-refractivity contribution in [2.45, 2.75) is 150 Å². The van der Waals surface area contributed by atoms with Gasteiger partial charge in [-0.2, -0.15) is 0 Å². The number of amides is 5. The Balaban J connectivity index is 0.978. The second-order valence-electron chi connectivity index (χ2n) is 19.1. The maximum atomic E-state index is 12.7. The fourth-order valence-corrected chi connectivity index (χ4v) is 11.5. The number of hydrogen-bond donors (Lipinski definition) is 6. The number of benzene rings is 1. The largest absolute Gasteiger partial charge is 0.392 e. The summed E-state index contributed by atoms with van der Waals surface area (Å²) in [7, 11) is 0. The summed E-state index contributed by atoms with van der Waals surface area (Å²) in [5.74, 6) is 1.96. The summed E-state index contributed by atoms with van der Waals surface area (Å²) in [6.07, 6.45) is 16.9. The van der Waals surface area contributed by atoms with Gasteiger partial charge in [0.1, 0.15) is 6.04 Å². The normalized spacial score (nSPS) is 28.3. The maximum absolute atomic E-state index is 12.7. The zero-order valence-electron chi connectivity index (χ0n) is 36.4. The first-order chi connectivity index (χ1) is 28.1. The molecule has 328 valence electrons. The average molecular weight is 820 g/mol. The Hall–Kier alpha value is -3.77. The summed E-state index contributed by atoms with van der Waals surface area (Å²) in [5.41, 5.74) is 8.84. The lowest BCUT2D eigenvalue weighted by Gasteiger charge is -2.58. The maximum Gasteiger partial charge on any atom is 0.243 e. The van der Waals surface area contributed by atoms with Gasteiger partial charge in [0.15, 0.2) is 0 Å². The molecule has 4 aliphatic rings. The molecular formula is C47H73N5O7. The Morgan fingerprint density at radius 2 is 1.63 bits per heavy atom. The first-order valence-corrected chi connectivity index (χ1v) is 22.6. The van der Waals surface area contributed by atoms with E-state index in [0.29, 0.717) is 36.2 Å². The Kier molecular flexibility index (Phi) is 16.6. The number of aliphatic hydroxyl groups is 1. The number of carbonyl (C=O) groups excluding carboxylic acids is 5. The van der Waals surface area contributed by atoms with Gasteiger partial charge in [0.05, 0.1) is 25.7 Å². The van der Waals surface area contributed by atoms with Crippen LogP contribution < -0.4 is 27.0 Å². The Bertz CT molecular complexity index is 1650. The minimum Gasteiger partial charge on any atom is -0.392 e. The van der Waals surface area contributed by atoms with Crippen molar-refractivity contribution in [1.29, 1.82) is 0 Å². The number of nitrogens with one attached hydrogen (secondary N) is 4. The van der Waals surface area contributed by atoms with Gasteiger partial charge in [-0.05, 0) is 122 Å². The lowest BCUT2D eigenvalue weighted by atomic mass is 9.47. The van der Waals surface area contributed by atoms with Gasteiger partial charge >= 0.3 is 0 Å². The van der Waals surface area contributed by atoms with Crippen molar-refractivity contribution < 1.29 is 33.8 Å².